The fraction of sp³-hybridized carbons (Fsp3) is 0.571. The molecule has 0 heterocycles. The van der Waals surface area contributed by atoms with E-state index >= 15 is 0 Å². The Kier molecular flexibility index (Phi) is 3.49. The molecule has 1 aromatic rings. The zero-order valence-electron chi connectivity index (χ0n) is 10.2. The van der Waals surface area contributed by atoms with Gasteiger partial charge in [0.1, 0.15) is 0 Å². The Labute approximate surface area is 97.9 Å². The summed E-state index contributed by atoms with van der Waals surface area (Å²) in [5.41, 5.74) is 2.55. The summed E-state index contributed by atoms with van der Waals surface area (Å²) in [5.74, 6) is 0.326. The van der Waals surface area contributed by atoms with Crippen LogP contribution in [0.3, 0.4) is 0 Å². The second kappa shape index (κ2) is 4.88. The average Bonchev–Trinajstić information content (AvgIpc) is 2.29. The molecule has 2 nitrogen and oxygen atoms in total. The van der Waals surface area contributed by atoms with Crippen molar-refractivity contribution in [1.82, 2.24) is 0 Å². The van der Waals surface area contributed by atoms with E-state index in [2.05, 4.69) is 43.3 Å². The van der Waals surface area contributed by atoms with Crippen molar-refractivity contribution in [3.8, 4) is 0 Å². The van der Waals surface area contributed by atoms with Crippen molar-refractivity contribution in [2.45, 2.75) is 37.7 Å². The number of hydrogen-bond donors (Lipinski definition) is 1. The molecule has 16 heavy (non-hydrogen) atoms. The smallest absolute Gasteiger partial charge is 0.0609 e. The highest BCUT2D eigenvalue weighted by Gasteiger charge is 2.26. The predicted octanol–water partition coefficient (Wildman–Crippen LogP) is 2.77. The molecule has 0 aliphatic heterocycles. The minimum absolute atomic E-state index is 0.158. The van der Waals surface area contributed by atoms with Crippen LogP contribution in [0, 0.1) is 0 Å². The molecule has 1 aliphatic rings. The van der Waals surface area contributed by atoms with Crippen molar-refractivity contribution in [2.24, 2.45) is 0 Å². The van der Waals surface area contributed by atoms with Gasteiger partial charge in [0.2, 0.25) is 0 Å². The molecule has 1 aromatic carbocycles. The summed E-state index contributed by atoms with van der Waals surface area (Å²) in [5, 5.41) is 10.1. The van der Waals surface area contributed by atoms with Gasteiger partial charge >= 0.3 is 0 Å². The summed E-state index contributed by atoms with van der Waals surface area (Å²) in [6.07, 6.45) is 4.32. The largest absolute Gasteiger partial charge is 0.392 e. The molecule has 2 heteroatoms. The van der Waals surface area contributed by atoms with Crippen LogP contribution in [0.5, 0.6) is 0 Å². The number of aliphatic hydroxyl groups is 1. The number of para-hydroxylation sites is 1. The van der Waals surface area contributed by atoms with Gasteiger partial charge in [0.25, 0.3) is 0 Å². The van der Waals surface area contributed by atoms with E-state index in [-0.39, 0.29) is 6.10 Å². The topological polar surface area (TPSA) is 23.5 Å². The Morgan fingerprint density at radius 2 is 1.81 bits per heavy atom. The van der Waals surface area contributed by atoms with Crippen molar-refractivity contribution < 1.29 is 5.11 Å². The number of hydrogen-bond acceptors (Lipinski definition) is 2. The summed E-state index contributed by atoms with van der Waals surface area (Å²) in [6.45, 7) is 0. The Morgan fingerprint density at radius 3 is 2.50 bits per heavy atom. The molecule has 1 N–H and O–H groups in total. The van der Waals surface area contributed by atoms with Crippen molar-refractivity contribution in [1.29, 1.82) is 0 Å². The molecular weight excluding hydrogens is 198 g/mol. The molecule has 0 amide bonds. The van der Waals surface area contributed by atoms with Gasteiger partial charge in [0.15, 0.2) is 0 Å². The predicted molar refractivity (Wildman–Crippen MR) is 68.0 cm³/mol. The van der Waals surface area contributed by atoms with E-state index in [1.165, 1.54) is 24.1 Å². The first-order chi connectivity index (χ1) is 7.70. The highest BCUT2D eigenvalue weighted by atomic mass is 16.3. The lowest BCUT2D eigenvalue weighted by molar-refractivity contribution is 0.106. The van der Waals surface area contributed by atoms with Gasteiger partial charge in [-0.05, 0) is 24.5 Å². The molecule has 1 saturated carbocycles. The van der Waals surface area contributed by atoms with E-state index in [1.54, 1.807) is 0 Å². The minimum Gasteiger partial charge on any atom is -0.392 e. The van der Waals surface area contributed by atoms with E-state index in [4.69, 9.17) is 0 Å². The lowest BCUT2D eigenvalue weighted by atomic mass is 9.81. The molecule has 1 aliphatic carbocycles. The standard InChI is InChI=1S/C14H21NO/c1-15(2)13-9-5-3-7-11(13)12-8-4-6-10-14(12)16/h3,5,7,9,12,14,16H,4,6,8,10H2,1-2H3. The quantitative estimate of drug-likeness (QED) is 0.826. The first-order valence-corrected chi connectivity index (χ1v) is 6.14. The Hall–Kier alpha value is -1.02. The Bertz CT molecular complexity index is 348. The maximum Gasteiger partial charge on any atom is 0.0609 e. The maximum absolute atomic E-state index is 10.1. The average molecular weight is 219 g/mol. The van der Waals surface area contributed by atoms with Crippen molar-refractivity contribution >= 4 is 5.69 Å². The Balaban J connectivity index is 2.31. The molecule has 0 radical (unpaired) electrons. The summed E-state index contributed by atoms with van der Waals surface area (Å²) >= 11 is 0. The number of benzene rings is 1. The molecule has 0 aromatic heterocycles. The van der Waals surface area contributed by atoms with Crippen LogP contribution in [-0.4, -0.2) is 25.3 Å². The van der Waals surface area contributed by atoms with Gasteiger partial charge in [-0.1, -0.05) is 31.0 Å². The molecule has 88 valence electrons. The molecule has 0 saturated heterocycles. The van der Waals surface area contributed by atoms with E-state index in [9.17, 15) is 5.11 Å². The van der Waals surface area contributed by atoms with Gasteiger partial charge in [0.05, 0.1) is 6.10 Å². The van der Waals surface area contributed by atoms with Crippen molar-refractivity contribution in [3.05, 3.63) is 29.8 Å². The van der Waals surface area contributed by atoms with E-state index in [0.29, 0.717) is 5.92 Å². The van der Waals surface area contributed by atoms with Gasteiger partial charge in [-0.3, -0.25) is 0 Å². The fourth-order valence-corrected chi connectivity index (χ4v) is 2.68. The summed E-state index contributed by atoms with van der Waals surface area (Å²) < 4.78 is 0. The number of nitrogens with zero attached hydrogens (tertiary/aromatic N) is 1. The lowest BCUT2D eigenvalue weighted by Gasteiger charge is -2.31. The zero-order chi connectivity index (χ0) is 11.5. The summed E-state index contributed by atoms with van der Waals surface area (Å²) in [6, 6.07) is 8.43. The van der Waals surface area contributed by atoms with Gasteiger partial charge in [-0.25, -0.2) is 0 Å². The van der Waals surface area contributed by atoms with Crippen LogP contribution >= 0.6 is 0 Å². The van der Waals surface area contributed by atoms with Crippen molar-refractivity contribution in [3.63, 3.8) is 0 Å². The lowest BCUT2D eigenvalue weighted by Crippen LogP contribution is -2.24. The van der Waals surface area contributed by atoms with E-state index < -0.39 is 0 Å². The maximum atomic E-state index is 10.1. The van der Waals surface area contributed by atoms with Gasteiger partial charge in [0, 0.05) is 25.7 Å². The highest BCUT2D eigenvalue weighted by Crippen LogP contribution is 2.37. The highest BCUT2D eigenvalue weighted by molar-refractivity contribution is 5.54. The first-order valence-electron chi connectivity index (χ1n) is 6.14. The van der Waals surface area contributed by atoms with E-state index in [0.717, 1.165) is 12.8 Å². The number of aliphatic hydroxyl groups excluding tert-OH is 1. The number of anilines is 1. The minimum atomic E-state index is -0.158. The van der Waals surface area contributed by atoms with Crippen LogP contribution in [0.25, 0.3) is 0 Å². The molecule has 2 rings (SSSR count). The molecule has 0 spiro atoms. The molecule has 2 atom stereocenters. The first kappa shape index (κ1) is 11.5. The van der Waals surface area contributed by atoms with Gasteiger partial charge in [-0.15, -0.1) is 0 Å². The fourth-order valence-electron chi connectivity index (χ4n) is 2.68. The second-order valence-corrected chi connectivity index (χ2v) is 4.91. The molecule has 0 bridgehead atoms. The SMILES string of the molecule is CN(C)c1ccccc1C1CCCCC1O. The molecular formula is C14H21NO. The number of rotatable bonds is 2. The monoisotopic (exact) mass is 219 g/mol. The third-order valence-corrected chi connectivity index (χ3v) is 3.55. The summed E-state index contributed by atoms with van der Waals surface area (Å²) in [7, 11) is 4.13. The van der Waals surface area contributed by atoms with Crippen LogP contribution in [0.1, 0.15) is 37.2 Å². The zero-order valence-corrected chi connectivity index (χ0v) is 10.2. The molecule has 2 unspecified atom stereocenters. The third kappa shape index (κ3) is 2.22. The molecule has 1 fully saturated rings. The van der Waals surface area contributed by atoms with Crippen LogP contribution in [0.4, 0.5) is 5.69 Å². The van der Waals surface area contributed by atoms with Gasteiger partial charge in [-0.2, -0.15) is 0 Å². The van der Waals surface area contributed by atoms with Crippen LogP contribution in [-0.2, 0) is 0 Å². The second-order valence-electron chi connectivity index (χ2n) is 4.91. The van der Waals surface area contributed by atoms with Crippen LogP contribution < -0.4 is 4.90 Å². The third-order valence-electron chi connectivity index (χ3n) is 3.55. The Morgan fingerprint density at radius 1 is 1.12 bits per heavy atom. The van der Waals surface area contributed by atoms with Crippen LogP contribution in [0.15, 0.2) is 24.3 Å². The normalized spacial score (nSPS) is 25.4. The van der Waals surface area contributed by atoms with Gasteiger partial charge < -0.3 is 10.0 Å². The summed E-state index contributed by atoms with van der Waals surface area (Å²) in [4.78, 5) is 2.14. The van der Waals surface area contributed by atoms with E-state index in [1.807, 2.05) is 0 Å². The van der Waals surface area contributed by atoms with Crippen molar-refractivity contribution in [2.75, 3.05) is 19.0 Å². The van der Waals surface area contributed by atoms with Crippen LogP contribution in [0.2, 0.25) is 0 Å².